The minimum Gasteiger partial charge on any atom is -0.255 e. The summed E-state index contributed by atoms with van der Waals surface area (Å²) in [5, 5.41) is 0. The minimum absolute atomic E-state index is 0.266. The summed E-state index contributed by atoms with van der Waals surface area (Å²) >= 11 is 0. The highest BCUT2D eigenvalue weighted by Gasteiger charge is 2.92. The normalized spacial score (nSPS) is 15.4. The van der Waals surface area contributed by atoms with Gasteiger partial charge in [-0.3, -0.25) is 9.97 Å². The van der Waals surface area contributed by atoms with E-state index in [9.17, 15) is 114 Å². The van der Waals surface area contributed by atoms with Gasteiger partial charge in [-0.05, 0) is 61.1 Å². The van der Waals surface area contributed by atoms with Crippen LogP contribution in [0.5, 0.6) is 0 Å². The van der Waals surface area contributed by atoms with E-state index in [0.29, 0.717) is 0 Å². The smallest absolute Gasteiger partial charge is 0.255 e. The van der Waals surface area contributed by atoms with Crippen molar-refractivity contribution >= 4 is 0 Å². The molecule has 0 spiro atoms. The van der Waals surface area contributed by atoms with Crippen molar-refractivity contribution in [3.8, 4) is 11.4 Å². The summed E-state index contributed by atoms with van der Waals surface area (Å²) in [7, 11) is 0. The van der Waals surface area contributed by atoms with Crippen molar-refractivity contribution in [2.45, 2.75) is 110 Å². The third-order valence-corrected chi connectivity index (χ3v) is 7.82. The lowest BCUT2D eigenvalue weighted by Gasteiger charge is -2.39. The number of pyridine rings is 2. The SMILES string of the molecule is FC(F)(F)C(F)(F)C(F)(F)C(F)(F)C(F)(F)C(F)(F)CCCc1ccnc(-c2cc(CCCC(F)(F)C(F)(F)C(F)(F)C(F)(F)C(F)(F)C(F)(F)F)ccn2)c1. The maximum Gasteiger partial charge on any atom is 0.460 e. The molecule has 2 aromatic rings. The molecule has 0 N–H and O–H groups in total. The maximum absolute atomic E-state index is 14.1. The Hall–Kier alpha value is -3.52. The predicted molar refractivity (Wildman–Crippen MR) is 135 cm³/mol. The third kappa shape index (κ3) is 7.98. The van der Waals surface area contributed by atoms with Gasteiger partial charge in [0.25, 0.3) is 0 Å². The molecule has 0 amide bonds. The molecule has 0 aliphatic rings. The van der Waals surface area contributed by atoms with Crippen LogP contribution in [-0.4, -0.2) is 81.5 Å². The van der Waals surface area contributed by atoms with Crippen molar-refractivity contribution in [3.63, 3.8) is 0 Å². The van der Waals surface area contributed by atoms with E-state index >= 15 is 0 Å². The Balaban J connectivity index is 2.20. The van der Waals surface area contributed by atoms with Gasteiger partial charge in [0.15, 0.2) is 0 Å². The number of rotatable bonds is 17. The first-order chi connectivity index (χ1) is 24.6. The highest BCUT2D eigenvalue weighted by Crippen LogP contribution is 2.62. The fourth-order valence-corrected chi connectivity index (χ4v) is 4.49. The Morgan fingerprint density at radius 2 is 0.589 bits per heavy atom. The molecule has 0 saturated carbocycles. The summed E-state index contributed by atoms with van der Waals surface area (Å²) in [4.78, 5) is 7.39. The van der Waals surface area contributed by atoms with Gasteiger partial charge >= 0.3 is 71.6 Å². The molecule has 322 valence electrons. The molecule has 0 fully saturated rings. The first-order valence-electron chi connectivity index (χ1n) is 14.4. The molecule has 56 heavy (non-hydrogen) atoms. The molecule has 0 aliphatic carbocycles. The third-order valence-electron chi connectivity index (χ3n) is 7.82. The molecular weight excluding hydrogens is 858 g/mol. The number of aromatic nitrogens is 2. The van der Waals surface area contributed by atoms with Crippen LogP contribution in [-0.2, 0) is 12.8 Å². The van der Waals surface area contributed by atoms with Crippen LogP contribution in [0.25, 0.3) is 11.4 Å². The topological polar surface area (TPSA) is 25.8 Å². The van der Waals surface area contributed by atoms with Gasteiger partial charge in [0.1, 0.15) is 0 Å². The summed E-state index contributed by atoms with van der Waals surface area (Å²) in [6, 6.07) is 3.51. The molecule has 0 atom stereocenters. The summed E-state index contributed by atoms with van der Waals surface area (Å²) in [5.74, 6) is -75.7. The van der Waals surface area contributed by atoms with E-state index in [2.05, 4.69) is 9.97 Å². The molecule has 2 aromatic heterocycles. The lowest BCUT2D eigenvalue weighted by molar-refractivity contribution is -0.440. The van der Waals surface area contributed by atoms with Gasteiger partial charge in [-0.1, -0.05) is 0 Å². The second kappa shape index (κ2) is 14.7. The summed E-state index contributed by atoms with van der Waals surface area (Å²) in [5.41, 5.74) is -1.27. The Morgan fingerprint density at radius 1 is 0.339 bits per heavy atom. The second-order valence-corrected chi connectivity index (χ2v) is 11.8. The van der Waals surface area contributed by atoms with Gasteiger partial charge in [-0.25, -0.2) is 0 Å². The van der Waals surface area contributed by atoms with Crippen molar-refractivity contribution < 1.29 is 114 Å². The average Bonchev–Trinajstić information content (AvgIpc) is 3.03. The number of hydrogen-bond acceptors (Lipinski definition) is 2. The lowest BCUT2D eigenvalue weighted by Crippen LogP contribution is -2.70. The van der Waals surface area contributed by atoms with Crippen LogP contribution in [0, 0.1) is 0 Å². The van der Waals surface area contributed by atoms with Crippen molar-refractivity contribution in [3.05, 3.63) is 47.8 Å². The van der Waals surface area contributed by atoms with Crippen molar-refractivity contribution in [2.24, 2.45) is 0 Å². The van der Waals surface area contributed by atoms with E-state index in [0.717, 1.165) is 36.7 Å². The number of halogens is 26. The van der Waals surface area contributed by atoms with Crippen LogP contribution >= 0.6 is 0 Å². The molecular formula is C28H18F26N2. The predicted octanol–water partition coefficient (Wildman–Crippen LogP) is 12.3. The first-order valence-corrected chi connectivity index (χ1v) is 14.4. The van der Waals surface area contributed by atoms with Gasteiger partial charge in [0, 0.05) is 25.2 Å². The van der Waals surface area contributed by atoms with Crippen molar-refractivity contribution in [1.82, 2.24) is 9.97 Å². The van der Waals surface area contributed by atoms with E-state index in [1.54, 1.807) is 0 Å². The molecule has 0 bridgehead atoms. The second-order valence-electron chi connectivity index (χ2n) is 11.8. The molecule has 0 saturated heterocycles. The Bertz CT molecular complexity index is 1540. The standard InChI is InChI=1S/C28H18F26N2/c29-17(30,19(33,34)21(37,38)23(41,42)25(45,46)27(49,50)51)7-1-3-13-5-9-55-15(11-13)16-12-14(6-10-56-16)4-2-8-18(31,32)20(35,36)22(39,40)24(43,44)26(47,48)28(52,53)54/h5-6,9-12H,1-4,7-8H2. The summed E-state index contributed by atoms with van der Waals surface area (Å²) in [6.45, 7) is 0. The fraction of sp³-hybridized carbons (Fsp3) is 0.643. The van der Waals surface area contributed by atoms with Crippen molar-refractivity contribution in [2.75, 3.05) is 0 Å². The molecule has 2 nitrogen and oxygen atoms in total. The van der Waals surface area contributed by atoms with Gasteiger partial charge in [0.05, 0.1) is 11.4 Å². The highest BCUT2D eigenvalue weighted by molar-refractivity contribution is 5.55. The zero-order valence-electron chi connectivity index (χ0n) is 26.4. The van der Waals surface area contributed by atoms with Gasteiger partial charge < -0.3 is 0 Å². The quantitative estimate of drug-likeness (QED) is 0.148. The van der Waals surface area contributed by atoms with E-state index in [-0.39, 0.29) is 22.5 Å². The van der Waals surface area contributed by atoms with E-state index < -0.39 is 110 Å². The molecule has 0 aromatic carbocycles. The monoisotopic (exact) mass is 876 g/mol. The molecule has 0 unspecified atom stereocenters. The number of alkyl halides is 26. The molecule has 0 radical (unpaired) electrons. The van der Waals surface area contributed by atoms with Crippen LogP contribution in [0.15, 0.2) is 36.7 Å². The summed E-state index contributed by atoms with van der Waals surface area (Å²) < 4.78 is 346. The van der Waals surface area contributed by atoms with Crippen LogP contribution < -0.4 is 0 Å². The van der Waals surface area contributed by atoms with E-state index in [1.165, 1.54) is 0 Å². The lowest BCUT2D eigenvalue weighted by atomic mass is 9.91. The van der Waals surface area contributed by atoms with Gasteiger partial charge in [-0.2, -0.15) is 114 Å². The maximum atomic E-state index is 14.1. The first kappa shape index (κ1) is 48.6. The average molecular weight is 876 g/mol. The minimum atomic E-state index is -8.09. The number of hydrogen-bond donors (Lipinski definition) is 0. The van der Waals surface area contributed by atoms with Crippen LogP contribution in [0.1, 0.15) is 36.8 Å². The largest absolute Gasteiger partial charge is 0.460 e. The Kier molecular flexibility index (Phi) is 12.8. The molecule has 0 aliphatic heterocycles. The van der Waals surface area contributed by atoms with Crippen LogP contribution in [0.3, 0.4) is 0 Å². The fourth-order valence-electron chi connectivity index (χ4n) is 4.49. The zero-order valence-corrected chi connectivity index (χ0v) is 26.4. The van der Waals surface area contributed by atoms with Crippen molar-refractivity contribution in [1.29, 1.82) is 0 Å². The molecule has 2 heterocycles. The Morgan fingerprint density at radius 3 is 0.839 bits per heavy atom. The van der Waals surface area contributed by atoms with Crippen LogP contribution in [0.2, 0.25) is 0 Å². The Labute approximate surface area is 294 Å². The van der Waals surface area contributed by atoms with Gasteiger partial charge in [-0.15, -0.1) is 0 Å². The summed E-state index contributed by atoms with van der Waals surface area (Å²) in [6.07, 6.45) is -23.2. The van der Waals surface area contributed by atoms with E-state index in [1.807, 2.05) is 0 Å². The molecule has 28 heteroatoms. The number of nitrogens with zero attached hydrogens (tertiary/aromatic N) is 2. The number of aryl methyl sites for hydroxylation is 2. The van der Waals surface area contributed by atoms with Crippen LogP contribution in [0.4, 0.5) is 114 Å². The molecule has 2 rings (SSSR count). The van der Waals surface area contributed by atoms with E-state index in [4.69, 9.17) is 0 Å². The highest BCUT2D eigenvalue weighted by atomic mass is 19.4. The zero-order chi connectivity index (χ0) is 44.2. The van der Waals surface area contributed by atoms with Gasteiger partial charge in [0.2, 0.25) is 0 Å².